The molecule has 0 atom stereocenters. The molecule has 0 saturated carbocycles. The Bertz CT molecular complexity index is 401. The second kappa shape index (κ2) is 6.50. The van der Waals surface area contributed by atoms with E-state index < -0.39 is 0 Å². The lowest BCUT2D eigenvalue weighted by Gasteiger charge is -2.26. The van der Waals surface area contributed by atoms with Gasteiger partial charge in [0.15, 0.2) is 0 Å². The number of halogens is 1. The van der Waals surface area contributed by atoms with Crippen LogP contribution in [0.15, 0.2) is 24.3 Å². The number of nitrogens with zero attached hydrogens (tertiary/aromatic N) is 1. The Morgan fingerprint density at radius 3 is 2.39 bits per heavy atom. The molecule has 1 rings (SSSR count). The summed E-state index contributed by atoms with van der Waals surface area (Å²) in [5.41, 5.74) is 6.90. The molecule has 1 aromatic rings. The molecule has 0 fully saturated rings. The van der Waals surface area contributed by atoms with Gasteiger partial charge in [0.1, 0.15) is 0 Å². The third kappa shape index (κ3) is 4.92. The van der Waals surface area contributed by atoms with Gasteiger partial charge in [-0.2, -0.15) is 0 Å². The van der Waals surface area contributed by atoms with E-state index in [0.717, 1.165) is 24.5 Å². The van der Waals surface area contributed by atoms with E-state index >= 15 is 0 Å². The first-order valence-corrected chi connectivity index (χ1v) is 6.83. The smallest absolute Gasteiger partial charge is 0.0784 e. The van der Waals surface area contributed by atoms with E-state index in [1.165, 1.54) is 5.56 Å². The molecule has 0 aliphatic rings. The zero-order valence-corrected chi connectivity index (χ0v) is 12.8. The number of rotatable bonds is 6. The van der Waals surface area contributed by atoms with Crippen molar-refractivity contribution in [2.75, 3.05) is 13.6 Å². The molecule has 2 nitrogen and oxygen atoms in total. The highest BCUT2D eigenvalue weighted by Crippen LogP contribution is 2.21. The first-order valence-electron chi connectivity index (χ1n) is 6.04. The van der Waals surface area contributed by atoms with Gasteiger partial charge in [-0.25, -0.2) is 0 Å². The van der Waals surface area contributed by atoms with Crippen LogP contribution in [0.3, 0.4) is 0 Å². The second-order valence-corrected chi connectivity index (χ2v) is 6.24. The first-order chi connectivity index (χ1) is 8.31. The Kier molecular flexibility index (Phi) is 5.57. The summed E-state index contributed by atoms with van der Waals surface area (Å²) in [6, 6.07) is 7.95. The number of hydrogen-bond donors (Lipinski definition) is 1. The summed E-state index contributed by atoms with van der Waals surface area (Å²) in [5, 5.41) is 0.774. The van der Waals surface area contributed by atoms with Crippen molar-refractivity contribution in [3.05, 3.63) is 34.9 Å². The zero-order valence-electron chi connectivity index (χ0n) is 11.2. The summed E-state index contributed by atoms with van der Waals surface area (Å²) < 4.78 is 0. The van der Waals surface area contributed by atoms with Crippen LogP contribution in [0.5, 0.6) is 0 Å². The number of hydrogen-bond acceptors (Lipinski definition) is 2. The van der Waals surface area contributed by atoms with E-state index in [4.69, 9.17) is 29.6 Å². The molecule has 100 valence electrons. The molecular formula is C14H21ClN2S. The predicted octanol–water partition coefficient (Wildman–Crippen LogP) is 3.47. The molecular weight excluding hydrogens is 264 g/mol. The van der Waals surface area contributed by atoms with Crippen molar-refractivity contribution in [1.29, 1.82) is 0 Å². The minimum atomic E-state index is -0.0798. The number of thiocarbonyl (C=S) groups is 1. The maximum atomic E-state index is 5.86. The number of nitrogens with two attached hydrogens (primary N) is 1. The van der Waals surface area contributed by atoms with Crippen LogP contribution in [0.25, 0.3) is 0 Å². The minimum Gasteiger partial charge on any atom is -0.393 e. The van der Waals surface area contributed by atoms with E-state index in [-0.39, 0.29) is 5.41 Å². The van der Waals surface area contributed by atoms with Gasteiger partial charge in [-0.05, 0) is 37.7 Å². The van der Waals surface area contributed by atoms with Gasteiger partial charge in [-0.1, -0.05) is 49.8 Å². The molecule has 0 aliphatic heterocycles. The van der Waals surface area contributed by atoms with Crippen LogP contribution in [0.4, 0.5) is 0 Å². The van der Waals surface area contributed by atoms with Crippen LogP contribution in [-0.4, -0.2) is 23.5 Å². The highest BCUT2D eigenvalue weighted by molar-refractivity contribution is 7.80. The van der Waals surface area contributed by atoms with Crippen molar-refractivity contribution >= 4 is 28.8 Å². The minimum absolute atomic E-state index is 0.0798. The van der Waals surface area contributed by atoms with Gasteiger partial charge in [0.25, 0.3) is 0 Å². The van der Waals surface area contributed by atoms with Crippen LogP contribution in [0.2, 0.25) is 5.02 Å². The molecule has 0 amide bonds. The Balaban J connectivity index is 2.45. The Hall–Kier alpha value is -0.640. The van der Waals surface area contributed by atoms with Gasteiger partial charge >= 0.3 is 0 Å². The molecule has 18 heavy (non-hydrogen) atoms. The summed E-state index contributed by atoms with van der Waals surface area (Å²) in [5.74, 6) is 0. The quantitative estimate of drug-likeness (QED) is 0.811. The van der Waals surface area contributed by atoms with Crippen LogP contribution in [0, 0.1) is 5.41 Å². The normalized spacial score (nSPS) is 11.8. The van der Waals surface area contributed by atoms with Gasteiger partial charge in [0, 0.05) is 17.0 Å². The summed E-state index contributed by atoms with van der Waals surface area (Å²) in [6.45, 7) is 6.05. The van der Waals surface area contributed by atoms with E-state index in [9.17, 15) is 0 Å². The highest BCUT2D eigenvalue weighted by atomic mass is 35.5. The van der Waals surface area contributed by atoms with Crippen LogP contribution in [-0.2, 0) is 6.54 Å². The van der Waals surface area contributed by atoms with Crippen LogP contribution < -0.4 is 5.73 Å². The maximum Gasteiger partial charge on any atom is 0.0784 e. The highest BCUT2D eigenvalue weighted by Gasteiger charge is 2.21. The van der Waals surface area contributed by atoms with Gasteiger partial charge in [0.05, 0.1) is 4.99 Å². The third-order valence-corrected chi connectivity index (χ3v) is 3.96. The first kappa shape index (κ1) is 15.4. The summed E-state index contributed by atoms with van der Waals surface area (Å²) in [6.07, 6.45) is 0.965. The van der Waals surface area contributed by atoms with Gasteiger partial charge in [0.2, 0.25) is 0 Å². The zero-order chi connectivity index (χ0) is 13.8. The average molecular weight is 285 g/mol. The average Bonchev–Trinajstić information content (AvgIpc) is 2.29. The molecule has 1 aromatic carbocycles. The molecule has 4 heteroatoms. The topological polar surface area (TPSA) is 29.3 Å². The predicted molar refractivity (Wildman–Crippen MR) is 83.0 cm³/mol. The van der Waals surface area contributed by atoms with Crippen LogP contribution in [0.1, 0.15) is 25.8 Å². The maximum absolute atomic E-state index is 5.86. The molecule has 0 saturated heterocycles. The Labute approximate surface area is 120 Å². The SMILES string of the molecule is CN(CCC(C)(C)C(N)=S)Cc1ccc(Cl)cc1. The molecule has 0 unspecified atom stereocenters. The van der Waals surface area contributed by atoms with Gasteiger partial charge in [-0.3, -0.25) is 0 Å². The van der Waals surface area contributed by atoms with Crippen molar-refractivity contribution in [3.8, 4) is 0 Å². The molecule has 0 aliphatic carbocycles. The van der Waals surface area contributed by atoms with Gasteiger partial charge in [-0.15, -0.1) is 0 Å². The fraction of sp³-hybridized carbons (Fsp3) is 0.500. The fourth-order valence-electron chi connectivity index (χ4n) is 1.57. The lowest BCUT2D eigenvalue weighted by Crippen LogP contribution is -2.33. The van der Waals surface area contributed by atoms with Gasteiger partial charge < -0.3 is 10.6 Å². The lowest BCUT2D eigenvalue weighted by molar-refractivity contribution is 0.286. The molecule has 0 bridgehead atoms. The van der Waals surface area contributed by atoms with Crippen molar-refractivity contribution in [3.63, 3.8) is 0 Å². The largest absolute Gasteiger partial charge is 0.393 e. The van der Waals surface area contributed by atoms with Crippen molar-refractivity contribution in [2.24, 2.45) is 11.1 Å². The Morgan fingerprint density at radius 2 is 1.89 bits per heavy atom. The third-order valence-electron chi connectivity index (χ3n) is 3.15. The fourth-order valence-corrected chi connectivity index (χ4v) is 1.80. The molecule has 0 aromatic heterocycles. The molecule has 0 spiro atoms. The van der Waals surface area contributed by atoms with Crippen LogP contribution >= 0.6 is 23.8 Å². The molecule has 2 N–H and O–H groups in total. The summed E-state index contributed by atoms with van der Waals surface area (Å²) in [4.78, 5) is 2.85. The molecule has 0 radical (unpaired) electrons. The second-order valence-electron chi connectivity index (χ2n) is 5.36. The van der Waals surface area contributed by atoms with E-state index in [2.05, 4.69) is 37.9 Å². The van der Waals surface area contributed by atoms with Crippen molar-refractivity contribution < 1.29 is 0 Å². The molecule has 0 heterocycles. The number of benzene rings is 1. The lowest BCUT2D eigenvalue weighted by atomic mass is 9.89. The standard InChI is InChI=1S/C14H21ClN2S/c1-14(2,13(16)18)8-9-17(3)10-11-4-6-12(15)7-5-11/h4-7H,8-10H2,1-3H3,(H2,16,18). The van der Waals surface area contributed by atoms with E-state index in [0.29, 0.717) is 4.99 Å². The van der Waals surface area contributed by atoms with Crippen molar-refractivity contribution in [1.82, 2.24) is 4.90 Å². The summed E-state index contributed by atoms with van der Waals surface area (Å²) in [7, 11) is 2.10. The van der Waals surface area contributed by atoms with E-state index in [1.54, 1.807) is 0 Å². The van der Waals surface area contributed by atoms with Crippen molar-refractivity contribution in [2.45, 2.75) is 26.8 Å². The monoisotopic (exact) mass is 284 g/mol. The van der Waals surface area contributed by atoms with E-state index in [1.807, 2.05) is 12.1 Å². The Morgan fingerprint density at radius 1 is 1.33 bits per heavy atom. The summed E-state index contributed by atoms with van der Waals surface area (Å²) >= 11 is 10.9.